The number of carbonyl (C=O) groups excluding carboxylic acids is 1. The number of carbonyl (C=O) groups is 1. The van der Waals surface area contributed by atoms with Crippen molar-refractivity contribution in [2.75, 3.05) is 0 Å². The van der Waals surface area contributed by atoms with Crippen LogP contribution in [0.2, 0.25) is 0 Å². The molecule has 0 aromatic heterocycles. The molecule has 2 heteroatoms. The topological polar surface area (TPSA) is 37.3 Å². The van der Waals surface area contributed by atoms with Crippen LogP contribution in [-0.2, 0) is 4.79 Å². The second kappa shape index (κ2) is 4.57. The zero-order valence-corrected chi connectivity index (χ0v) is 13.6. The van der Waals surface area contributed by atoms with E-state index in [1.54, 1.807) is 0 Å². The summed E-state index contributed by atoms with van der Waals surface area (Å²) in [6.45, 7) is 4.85. The molecule has 4 saturated carbocycles. The van der Waals surface area contributed by atoms with Crippen molar-refractivity contribution in [2.24, 2.45) is 34.5 Å². The first-order valence-electron chi connectivity index (χ1n) is 9.15. The Morgan fingerprint density at radius 2 is 1.71 bits per heavy atom. The van der Waals surface area contributed by atoms with E-state index in [1.165, 1.54) is 32.1 Å². The molecule has 7 atom stereocenters. The van der Waals surface area contributed by atoms with Gasteiger partial charge in [-0.2, -0.15) is 0 Å². The van der Waals surface area contributed by atoms with Crippen molar-refractivity contribution in [3.05, 3.63) is 0 Å². The molecule has 0 aromatic rings. The summed E-state index contributed by atoms with van der Waals surface area (Å²) in [6, 6.07) is 0. The molecule has 0 spiro atoms. The van der Waals surface area contributed by atoms with Crippen molar-refractivity contribution in [2.45, 2.75) is 77.7 Å². The Balaban J connectivity index is 1.64. The summed E-state index contributed by atoms with van der Waals surface area (Å²) in [6.07, 6.45) is 10.0. The highest BCUT2D eigenvalue weighted by atomic mass is 16.3. The standard InChI is InChI=1S/C19H30O2/c1-18-9-7-13(20)11-12(18)3-4-14-15-5-6-17(21)19(15,2)10-8-16(14)18/h12,14-17,21H,3-11H2,1-2H3/t12-,14-,15-,16-,17-,18-,19-/m0/s1/i7+1,11+1,13+1. The van der Waals surface area contributed by atoms with Crippen LogP contribution >= 0.6 is 0 Å². The summed E-state index contributed by atoms with van der Waals surface area (Å²) in [7, 11) is 0. The molecule has 1 N–H and O–H groups in total. The van der Waals surface area contributed by atoms with Crippen molar-refractivity contribution in [1.82, 2.24) is 0 Å². The normalized spacial score (nSPS) is 56.5. The Labute approximate surface area is 128 Å². The zero-order valence-electron chi connectivity index (χ0n) is 13.6. The van der Waals surface area contributed by atoms with Crippen molar-refractivity contribution in [3.63, 3.8) is 0 Å². The predicted molar refractivity (Wildman–Crippen MR) is 82.7 cm³/mol. The SMILES string of the molecule is C[C@]12C[13CH2][13C](=O)[13CH2][C@@H]1CC[C@@H]1[C@@H]2CC[C@]2(C)[C@@H](O)CC[C@@H]12. The molecule has 0 amide bonds. The van der Waals surface area contributed by atoms with E-state index < -0.39 is 0 Å². The lowest BCUT2D eigenvalue weighted by molar-refractivity contribution is -0.141. The van der Waals surface area contributed by atoms with Crippen LogP contribution in [0.15, 0.2) is 0 Å². The molecule has 0 bridgehead atoms. The van der Waals surface area contributed by atoms with Gasteiger partial charge in [-0.3, -0.25) is 4.79 Å². The first-order chi connectivity index (χ1) is 9.95. The summed E-state index contributed by atoms with van der Waals surface area (Å²) >= 11 is 0. The fourth-order valence-electron chi connectivity index (χ4n) is 7.02. The van der Waals surface area contributed by atoms with E-state index in [-0.39, 0.29) is 11.5 Å². The lowest BCUT2D eigenvalue weighted by atomic mass is 9.48. The number of Topliss-reactive ketones (excluding diaryl/α,β-unsaturated/α-hetero) is 1. The van der Waals surface area contributed by atoms with Gasteiger partial charge >= 0.3 is 0 Å². The first-order valence-corrected chi connectivity index (χ1v) is 9.15. The maximum absolute atomic E-state index is 11.9. The predicted octanol–water partition coefficient (Wildman–Crippen LogP) is 3.96. The quantitative estimate of drug-likeness (QED) is 0.686. The Kier molecular flexibility index (Phi) is 3.10. The maximum Gasteiger partial charge on any atom is 0.133 e. The molecule has 0 heterocycles. The van der Waals surface area contributed by atoms with Crippen LogP contribution in [0.25, 0.3) is 0 Å². The molecule has 0 aliphatic heterocycles. The minimum absolute atomic E-state index is 0.0677. The Hall–Kier alpha value is -0.370. The Morgan fingerprint density at radius 3 is 2.52 bits per heavy atom. The second-order valence-corrected chi connectivity index (χ2v) is 9.04. The van der Waals surface area contributed by atoms with Crippen LogP contribution in [0.4, 0.5) is 0 Å². The van der Waals surface area contributed by atoms with E-state index >= 15 is 0 Å². The zero-order chi connectivity index (χ0) is 14.8. The van der Waals surface area contributed by atoms with E-state index in [0.717, 1.165) is 43.4 Å². The Morgan fingerprint density at radius 1 is 0.952 bits per heavy atom. The monoisotopic (exact) mass is 293 g/mol. The maximum atomic E-state index is 11.9. The van der Waals surface area contributed by atoms with Gasteiger partial charge in [0.05, 0.1) is 6.10 Å². The third kappa shape index (κ3) is 1.84. The van der Waals surface area contributed by atoms with Gasteiger partial charge < -0.3 is 5.11 Å². The van der Waals surface area contributed by atoms with Crippen LogP contribution in [0, 0.1) is 34.5 Å². The Bertz CT molecular complexity index is 458. The van der Waals surface area contributed by atoms with Gasteiger partial charge in [-0.1, -0.05) is 13.8 Å². The molecule has 4 aliphatic rings. The number of aliphatic hydroxyl groups is 1. The molecule has 0 aromatic carbocycles. The van der Waals surface area contributed by atoms with Crippen molar-refractivity contribution < 1.29 is 9.90 Å². The average Bonchev–Trinajstić information content (AvgIpc) is 2.76. The number of hydrogen-bond acceptors (Lipinski definition) is 2. The van der Waals surface area contributed by atoms with Crippen molar-refractivity contribution >= 4 is 5.78 Å². The molecule has 118 valence electrons. The van der Waals surface area contributed by atoms with Crippen LogP contribution in [0.1, 0.15) is 71.6 Å². The van der Waals surface area contributed by atoms with Gasteiger partial charge in [0.1, 0.15) is 5.78 Å². The largest absolute Gasteiger partial charge is 0.393 e. The fraction of sp³-hybridized carbons (Fsp3) is 0.947. The molecule has 0 radical (unpaired) electrons. The third-order valence-corrected chi connectivity index (χ3v) is 8.43. The number of fused-ring (bicyclic) bond motifs is 5. The minimum atomic E-state index is -0.0677. The van der Waals surface area contributed by atoms with Crippen LogP contribution in [-0.4, -0.2) is 17.0 Å². The summed E-state index contributed by atoms with van der Waals surface area (Å²) in [4.78, 5) is 11.9. The van der Waals surface area contributed by atoms with Crippen molar-refractivity contribution in [3.8, 4) is 0 Å². The van der Waals surface area contributed by atoms with E-state index in [2.05, 4.69) is 13.8 Å². The number of aliphatic hydroxyl groups excluding tert-OH is 1. The van der Waals surface area contributed by atoms with E-state index in [0.29, 0.717) is 17.1 Å². The summed E-state index contributed by atoms with van der Waals surface area (Å²) < 4.78 is 0. The van der Waals surface area contributed by atoms with Gasteiger partial charge in [0, 0.05) is 12.8 Å². The van der Waals surface area contributed by atoms with Gasteiger partial charge in [-0.25, -0.2) is 0 Å². The highest BCUT2D eigenvalue weighted by Crippen LogP contribution is 2.65. The van der Waals surface area contributed by atoms with Gasteiger partial charge in [-0.15, -0.1) is 0 Å². The molecule has 2 nitrogen and oxygen atoms in total. The van der Waals surface area contributed by atoms with Gasteiger partial charge in [0.15, 0.2) is 0 Å². The minimum Gasteiger partial charge on any atom is -0.393 e. The molecule has 0 saturated heterocycles. The lowest BCUT2D eigenvalue weighted by Gasteiger charge is -2.60. The van der Waals surface area contributed by atoms with Crippen molar-refractivity contribution in [1.29, 1.82) is 0 Å². The first kappa shape index (κ1) is 14.2. The van der Waals surface area contributed by atoms with Crippen LogP contribution in [0.5, 0.6) is 0 Å². The van der Waals surface area contributed by atoms with E-state index in [1.807, 2.05) is 0 Å². The van der Waals surface area contributed by atoms with Gasteiger partial charge in [0.2, 0.25) is 0 Å². The molecule has 21 heavy (non-hydrogen) atoms. The number of rotatable bonds is 0. The van der Waals surface area contributed by atoms with Crippen LogP contribution in [0.3, 0.4) is 0 Å². The molecule has 4 rings (SSSR count). The number of ketones is 1. The van der Waals surface area contributed by atoms with E-state index in [4.69, 9.17) is 0 Å². The summed E-state index contributed by atoms with van der Waals surface area (Å²) in [5.74, 6) is 3.52. The summed E-state index contributed by atoms with van der Waals surface area (Å²) in [5.41, 5.74) is 0.598. The third-order valence-electron chi connectivity index (χ3n) is 8.43. The smallest absolute Gasteiger partial charge is 0.133 e. The molecule has 0 unspecified atom stereocenters. The summed E-state index contributed by atoms with van der Waals surface area (Å²) in [5, 5.41) is 10.5. The molecular formula is C19H30O2. The molecule has 4 aliphatic carbocycles. The van der Waals surface area contributed by atoms with Crippen LogP contribution < -0.4 is 0 Å². The van der Waals surface area contributed by atoms with E-state index in [9.17, 15) is 9.90 Å². The highest BCUT2D eigenvalue weighted by Gasteiger charge is 2.59. The molecule has 4 fully saturated rings. The molecular weight excluding hydrogens is 263 g/mol. The highest BCUT2D eigenvalue weighted by molar-refractivity contribution is 5.79. The van der Waals surface area contributed by atoms with Gasteiger partial charge in [-0.05, 0) is 79.4 Å². The fourth-order valence-corrected chi connectivity index (χ4v) is 7.02. The van der Waals surface area contributed by atoms with Gasteiger partial charge in [0.25, 0.3) is 0 Å². The average molecular weight is 293 g/mol. The second-order valence-electron chi connectivity index (χ2n) is 9.04. The lowest BCUT2D eigenvalue weighted by Crippen LogP contribution is -2.54. The number of hydrogen-bond donors (Lipinski definition) is 1.